The maximum absolute atomic E-state index is 12.9. The molecule has 0 atom stereocenters. The molecule has 0 radical (unpaired) electrons. The van der Waals surface area contributed by atoms with E-state index < -0.39 is 11.4 Å². The summed E-state index contributed by atoms with van der Waals surface area (Å²) in [6.07, 6.45) is 5.93. The van der Waals surface area contributed by atoms with Crippen LogP contribution in [0.4, 0.5) is 0 Å². The van der Waals surface area contributed by atoms with E-state index in [0.29, 0.717) is 22.6 Å². The number of aromatic amines is 1. The summed E-state index contributed by atoms with van der Waals surface area (Å²) in [5.41, 5.74) is 4.13. The van der Waals surface area contributed by atoms with Gasteiger partial charge in [-0.2, -0.15) is 0 Å². The Bertz CT molecular complexity index is 1300. The number of ether oxygens (including phenoxy) is 1. The molecule has 0 amide bonds. The molecular formula is C23H22N2O5S. The van der Waals surface area contributed by atoms with Crippen molar-refractivity contribution >= 4 is 33.9 Å². The zero-order valence-electron chi connectivity index (χ0n) is 17.3. The largest absolute Gasteiger partial charge is 0.494 e. The Hall–Kier alpha value is -3.13. The summed E-state index contributed by atoms with van der Waals surface area (Å²) in [7, 11) is 3.16. The van der Waals surface area contributed by atoms with Gasteiger partial charge >= 0.3 is 5.97 Å². The minimum atomic E-state index is -1.24. The summed E-state index contributed by atoms with van der Waals surface area (Å²) in [6.45, 7) is 0. The summed E-state index contributed by atoms with van der Waals surface area (Å²) in [4.78, 5) is 34.7. The lowest BCUT2D eigenvalue weighted by atomic mass is 9.94. The highest BCUT2D eigenvalue weighted by atomic mass is 32.1. The van der Waals surface area contributed by atoms with Crippen molar-refractivity contribution in [3.8, 4) is 16.2 Å². The first-order chi connectivity index (χ1) is 15.0. The fraction of sp³-hybridized carbons (Fsp3) is 0.348. The molecule has 0 unspecified atom stereocenters. The zero-order chi connectivity index (χ0) is 21.7. The molecule has 0 spiro atoms. The van der Waals surface area contributed by atoms with Crippen molar-refractivity contribution in [2.45, 2.75) is 38.0 Å². The van der Waals surface area contributed by atoms with E-state index in [-0.39, 0.29) is 5.56 Å². The Balaban J connectivity index is 1.73. The van der Waals surface area contributed by atoms with E-state index in [9.17, 15) is 14.7 Å². The van der Waals surface area contributed by atoms with E-state index >= 15 is 0 Å². The van der Waals surface area contributed by atoms with E-state index in [4.69, 9.17) is 9.57 Å². The Morgan fingerprint density at radius 2 is 2.06 bits per heavy atom. The molecule has 2 heterocycles. The summed E-state index contributed by atoms with van der Waals surface area (Å²) < 4.78 is 5.82. The monoisotopic (exact) mass is 438 g/mol. The molecule has 1 fully saturated rings. The van der Waals surface area contributed by atoms with Crippen LogP contribution in [0, 0.1) is 0 Å². The summed E-state index contributed by atoms with van der Waals surface area (Å²) in [6, 6.07) is 4.07. The second-order valence-corrected chi connectivity index (χ2v) is 9.12. The number of oxime groups is 1. The van der Waals surface area contributed by atoms with Gasteiger partial charge in [0.05, 0.1) is 23.7 Å². The highest BCUT2D eigenvalue weighted by Crippen LogP contribution is 2.51. The highest BCUT2D eigenvalue weighted by Gasteiger charge is 2.32. The lowest BCUT2D eigenvalue weighted by molar-refractivity contribution is 0.0695. The zero-order valence-corrected chi connectivity index (χ0v) is 18.1. The minimum Gasteiger partial charge on any atom is -0.494 e. The van der Waals surface area contributed by atoms with E-state index in [0.717, 1.165) is 53.8 Å². The predicted octanol–water partition coefficient (Wildman–Crippen LogP) is 4.33. The number of rotatable bonds is 5. The van der Waals surface area contributed by atoms with Crippen LogP contribution in [0.3, 0.4) is 0 Å². The molecule has 5 rings (SSSR count). The number of nitrogens with one attached hydrogen (secondary N) is 1. The Morgan fingerprint density at radius 3 is 2.74 bits per heavy atom. The molecule has 0 bridgehead atoms. The third kappa shape index (κ3) is 3.31. The van der Waals surface area contributed by atoms with Crippen LogP contribution in [0.15, 0.2) is 28.3 Å². The van der Waals surface area contributed by atoms with Gasteiger partial charge in [0, 0.05) is 27.9 Å². The van der Waals surface area contributed by atoms with Gasteiger partial charge in [0.2, 0.25) is 5.43 Å². The van der Waals surface area contributed by atoms with Crippen molar-refractivity contribution in [3.63, 3.8) is 0 Å². The van der Waals surface area contributed by atoms with Gasteiger partial charge in [0.1, 0.15) is 12.7 Å². The van der Waals surface area contributed by atoms with Crippen molar-refractivity contribution in [2.24, 2.45) is 5.16 Å². The molecular weight excluding hydrogens is 416 g/mol. The van der Waals surface area contributed by atoms with Crippen molar-refractivity contribution in [1.82, 2.24) is 4.98 Å². The van der Waals surface area contributed by atoms with Gasteiger partial charge in [-0.15, -0.1) is 11.3 Å². The van der Waals surface area contributed by atoms with Crippen LogP contribution in [0.5, 0.6) is 5.75 Å². The van der Waals surface area contributed by atoms with Crippen LogP contribution in [0.2, 0.25) is 0 Å². The maximum Gasteiger partial charge on any atom is 0.341 e. The Morgan fingerprint density at radius 1 is 1.26 bits per heavy atom. The number of fused-ring (bicyclic) bond motifs is 2. The van der Waals surface area contributed by atoms with E-state index in [1.807, 2.05) is 6.07 Å². The number of pyridine rings is 1. The van der Waals surface area contributed by atoms with Crippen LogP contribution in [0.25, 0.3) is 21.3 Å². The molecule has 0 aliphatic heterocycles. The minimum absolute atomic E-state index is 0.263. The van der Waals surface area contributed by atoms with Crippen LogP contribution >= 0.6 is 11.3 Å². The van der Waals surface area contributed by atoms with Crippen LogP contribution in [-0.4, -0.2) is 36.0 Å². The number of thiophene rings is 1. The van der Waals surface area contributed by atoms with Gasteiger partial charge < -0.3 is 19.7 Å². The molecule has 7 nitrogen and oxygen atoms in total. The highest BCUT2D eigenvalue weighted by molar-refractivity contribution is 7.15. The van der Waals surface area contributed by atoms with Gasteiger partial charge in [0.15, 0.2) is 5.75 Å². The number of carboxylic acid groups (broad SMARTS) is 1. The molecule has 160 valence electrons. The fourth-order valence-corrected chi connectivity index (χ4v) is 5.66. The molecule has 1 saturated carbocycles. The summed E-state index contributed by atoms with van der Waals surface area (Å²) in [5.74, 6) is -0.289. The van der Waals surface area contributed by atoms with E-state index in [1.54, 1.807) is 25.6 Å². The first-order valence-corrected chi connectivity index (χ1v) is 11.0. The Labute approximate surface area is 182 Å². The number of methoxy groups -OCH3 is 1. The van der Waals surface area contributed by atoms with Gasteiger partial charge in [-0.25, -0.2) is 4.79 Å². The third-order valence-corrected chi connectivity index (χ3v) is 7.27. The molecule has 2 aliphatic carbocycles. The molecule has 31 heavy (non-hydrogen) atoms. The second kappa shape index (κ2) is 7.53. The number of aromatic carboxylic acids is 1. The quantitative estimate of drug-likeness (QED) is 0.578. The van der Waals surface area contributed by atoms with Gasteiger partial charge in [-0.1, -0.05) is 5.16 Å². The first-order valence-electron chi connectivity index (χ1n) is 10.2. The van der Waals surface area contributed by atoms with Gasteiger partial charge in [-0.3, -0.25) is 4.79 Å². The molecule has 8 heteroatoms. The van der Waals surface area contributed by atoms with Crippen molar-refractivity contribution < 1.29 is 19.5 Å². The number of carboxylic acids is 1. The smallest absolute Gasteiger partial charge is 0.341 e. The maximum atomic E-state index is 12.9. The lowest BCUT2D eigenvalue weighted by Gasteiger charge is -2.16. The van der Waals surface area contributed by atoms with E-state index in [2.05, 4.69) is 16.2 Å². The normalized spacial score (nSPS) is 17.0. The number of benzene rings is 1. The molecule has 1 aromatic carbocycles. The molecule has 2 aromatic heterocycles. The number of carbonyl (C=O) groups is 1. The van der Waals surface area contributed by atoms with Gasteiger partial charge in [0.25, 0.3) is 0 Å². The number of H-pyrrole nitrogens is 1. The molecule has 0 saturated heterocycles. The van der Waals surface area contributed by atoms with Crippen molar-refractivity contribution in [1.29, 1.82) is 0 Å². The van der Waals surface area contributed by atoms with Crippen LogP contribution in [0.1, 0.15) is 51.5 Å². The van der Waals surface area contributed by atoms with Crippen molar-refractivity contribution in [3.05, 3.63) is 50.1 Å². The standard InChI is InChI=1S/C23H22N2O5S/c1-29-22-19(18-8-12-7-13(25-30-2)5-6-17(12)31-18)14(11-3-4-11)9-15-20(22)24-10-16(21(15)26)23(27)28/h8-11H,3-7H2,1-2H3,(H,24,26)(H,27,28)/b25-13+. The summed E-state index contributed by atoms with van der Waals surface area (Å²) in [5, 5.41) is 13.9. The average molecular weight is 439 g/mol. The SMILES string of the molecule is CO/N=C1\CCc2sc(-c3c(C4CC4)cc4c(=O)c(C(=O)O)c[nH]c4c3OC)cc2C1. The molecule has 2 aliphatic rings. The lowest BCUT2D eigenvalue weighted by Crippen LogP contribution is -2.16. The van der Waals surface area contributed by atoms with E-state index in [1.165, 1.54) is 16.6 Å². The first kappa shape index (κ1) is 19.8. The third-order valence-electron chi connectivity index (χ3n) is 6.01. The number of aromatic nitrogens is 1. The average Bonchev–Trinajstić information content (AvgIpc) is 3.51. The molecule has 2 N–H and O–H groups in total. The number of nitrogens with zero attached hydrogens (tertiary/aromatic N) is 1. The Kier molecular flexibility index (Phi) is 4.81. The van der Waals surface area contributed by atoms with Crippen molar-refractivity contribution in [2.75, 3.05) is 14.2 Å². The topological polar surface area (TPSA) is 101 Å². The van der Waals surface area contributed by atoms with Crippen LogP contribution < -0.4 is 10.2 Å². The van der Waals surface area contributed by atoms with Crippen LogP contribution in [-0.2, 0) is 17.7 Å². The second-order valence-electron chi connectivity index (χ2n) is 7.98. The predicted molar refractivity (Wildman–Crippen MR) is 120 cm³/mol. The fourth-order valence-electron chi connectivity index (χ4n) is 4.41. The molecule has 3 aromatic rings. The summed E-state index contributed by atoms with van der Waals surface area (Å²) >= 11 is 1.76. The van der Waals surface area contributed by atoms with Gasteiger partial charge in [-0.05, 0) is 54.9 Å². The number of hydrogen-bond donors (Lipinski definition) is 2. The number of hydrogen-bond acceptors (Lipinski definition) is 6. The number of aryl methyl sites for hydroxylation is 1.